The predicted octanol–water partition coefficient (Wildman–Crippen LogP) is 2.97. The van der Waals surface area contributed by atoms with Gasteiger partial charge in [0.15, 0.2) is 0 Å². The number of likely N-dealkylation sites (tertiary alicyclic amines) is 1. The average molecular weight is 390 g/mol. The van der Waals surface area contributed by atoms with Crippen LogP contribution in [0.2, 0.25) is 0 Å². The van der Waals surface area contributed by atoms with Gasteiger partial charge in [0.2, 0.25) is 5.91 Å². The highest BCUT2D eigenvalue weighted by Gasteiger charge is 2.25. The van der Waals surface area contributed by atoms with Gasteiger partial charge in [-0.15, -0.1) is 12.4 Å². The molecule has 2 aromatic rings. The molecule has 146 valence electrons. The normalized spacial score (nSPS) is 17.9. The van der Waals surface area contributed by atoms with Gasteiger partial charge < -0.3 is 16.0 Å². The van der Waals surface area contributed by atoms with E-state index >= 15 is 0 Å². The molecule has 2 atom stereocenters. The Kier molecular flexibility index (Phi) is 7.63. The number of piperidine rings is 1. The number of carbonyl (C=O) groups is 2. The third kappa shape index (κ3) is 5.44. The van der Waals surface area contributed by atoms with E-state index in [0.717, 1.165) is 36.7 Å². The molecule has 1 aliphatic heterocycles. The molecule has 1 aliphatic rings. The van der Waals surface area contributed by atoms with E-state index in [2.05, 4.69) is 5.32 Å². The summed E-state index contributed by atoms with van der Waals surface area (Å²) in [5.74, 6) is 0.324. The minimum absolute atomic E-state index is 0. The molecular weight excluding hydrogens is 362 g/mol. The molecule has 2 amide bonds. The smallest absolute Gasteiger partial charge is 0.251 e. The lowest BCUT2D eigenvalue weighted by atomic mass is 9.92. The van der Waals surface area contributed by atoms with E-state index < -0.39 is 0 Å². The lowest BCUT2D eigenvalue weighted by molar-refractivity contribution is -0.132. The Morgan fingerprint density at radius 1 is 1.22 bits per heavy atom. The van der Waals surface area contributed by atoms with Crippen LogP contribution < -0.4 is 11.1 Å². The molecule has 1 saturated heterocycles. The number of rotatable bonds is 5. The summed E-state index contributed by atoms with van der Waals surface area (Å²) in [6.07, 6.45) is 2.41. The highest BCUT2D eigenvalue weighted by molar-refractivity contribution is 5.98. The molecule has 0 spiro atoms. The Bertz CT molecular complexity index is 794. The maximum atomic E-state index is 12.4. The summed E-state index contributed by atoms with van der Waals surface area (Å²) in [6, 6.07) is 13.7. The highest BCUT2D eigenvalue weighted by atomic mass is 35.5. The van der Waals surface area contributed by atoms with Gasteiger partial charge in [0.05, 0.1) is 0 Å². The second kappa shape index (κ2) is 9.72. The van der Waals surface area contributed by atoms with E-state index in [1.807, 2.05) is 54.3 Å². The van der Waals surface area contributed by atoms with Crippen molar-refractivity contribution < 1.29 is 9.59 Å². The molecule has 5 nitrogen and oxygen atoms in total. The number of nitrogens with one attached hydrogen (secondary N) is 1. The largest absolute Gasteiger partial charge is 0.352 e. The molecule has 1 heterocycles. The molecule has 0 bridgehead atoms. The highest BCUT2D eigenvalue weighted by Crippen LogP contribution is 2.19. The van der Waals surface area contributed by atoms with Crippen molar-refractivity contribution in [1.82, 2.24) is 10.2 Å². The first-order valence-corrected chi connectivity index (χ1v) is 9.35. The molecule has 0 radical (unpaired) electrons. The van der Waals surface area contributed by atoms with Crippen LogP contribution in [0.15, 0.2) is 42.5 Å². The molecule has 2 aromatic carbocycles. The zero-order valence-electron chi connectivity index (χ0n) is 15.7. The van der Waals surface area contributed by atoms with Gasteiger partial charge in [-0.25, -0.2) is 0 Å². The number of hydrogen-bond donors (Lipinski definition) is 2. The maximum Gasteiger partial charge on any atom is 0.251 e. The van der Waals surface area contributed by atoms with E-state index in [1.54, 1.807) is 0 Å². The van der Waals surface area contributed by atoms with Crippen molar-refractivity contribution in [2.24, 2.45) is 11.7 Å². The fraction of sp³-hybridized carbons (Fsp3) is 0.429. The molecule has 6 heteroatoms. The van der Waals surface area contributed by atoms with Gasteiger partial charge in [-0.05, 0) is 48.6 Å². The standard InChI is InChI=1S/C21H27N3O2.ClH/c1-15(22)19-7-4-12-24(14-19)20(25)10-11-23-21(26)18-9-8-16-5-2-3-6-17(16)13-18;/h2-3,5-6,8-9,13,15,19H,4,7,10-12,14,22H2,1H3,(H,23,26);1H. The number of carbonyl (C=O) groups excluding carboxylic acids is 2. The van der Waals surface area contributed by atoms with Gasteiger partial charge in [-0.3, -0.25) is 9.59 Å². The van der Waals surface area contributed by atoms with Crippen LogP contribution in [0, 0.1) is 5.92 Å². The Morgan fingerprint density at radius 2 is 1.96 bits per heavy atom. The van der Waals surface area contributed by atoms with Crippen molar-refractivity contribution in [3.63, 3.8) is 0 Å². The molecule has 3 rings (SSSR count). The van der Waals surface area contributed by atoms with E-state index in [-0.39, 0.29) is 30.3 Å². The lowest BCUT2D eigenvalue weighted by Crippen LogP contribution is -2.45. The first-order chi connectivity index (χ1) is 12.5. The Hall–Kier alpha value is -2.11. The van der Waals surface area contributed by atoms with Crippen molar-refractivity contribution in [1.29, 1.82) is 0 Å². The third-order valence-corrected chi connectivity index (χ3v) is 5.19. The summed E-state index contributed by atoms with van der Waals surface area (Å²) in [7, 11) is 0. The molecule has 1 fully saturated rings. The van der Waals surface area contributed by atoms with Crippen LogP contribution in [-0.2, 0) is 4.79 Å². The van der Waals surface area contributed by atoms with Crippen LogP contribution in [0.25, 0.3) is 10.8 Å². The van der Waals surface area contributed by atoms with Crippen molar-refractivity contribution in [3.8, 4) is 0 Å². The number of halogens is 1. The molecule has 0 aromatic heterocycles. The van der Waals surface area contributed by atoms with Crippen LogP contribution in [0.3, 0.4) is 0 Å². The van der Waals surface area contributed by atoms with Gasteiger partial charge >= 0.3 is 0 Å². The summed E-state index contributed by atoms with van der Waals surface area (Å²) in [6.45, 7) is 3.88. The summed E-state index contributed by atoms with van der Waals surface area (Å²) >= 11 is 0. The summed E-state index contributed by atoms with van der Waals surface area (Å²) in [5.41, 5.74) is 6.60. The molecule has 0 saturated carbocycles. The van der Waals surface area contributed by atoms with Crippen LogP contribution in [0.1, 0.15) is 36.5 Å². The Labute approximate surface area is 166 Å². The number of nitrogens with two attached hydrogens (primary N) is 1. The van der Waals surface area contributed by atoms with Gasteiger partial charge in [-0.1, -0.05) is 30.3 Å². The molecule has 0 aliphatic carbocycles. The number of nitrogens with zero attached hydrogens (tertiary/aromatic N) is 1. The topological polar surface area (TPSA) is 75.4 Å². The first-order valence-electron chi connectivity index (χ1n) is 9.35. The van der Waals surface area contributed by atoms with Gasteiger partial charge in [0, 0.05) is 37.7 Å². The van der Waals surface area contributed by atoms with E-state index in [1.165, 1.54) is 0 Å². The van der Waals surface area contributed by atoms with Crippen molar-refractivity contribution >= 4 is 35.0 Å². The van der Waals surface area contributed by atoms with Crippen molar-refractivity contribution in [2.45, 2.75) is 32.2 Å². The number of benzene rings is 2. The summed E-state index contributed by atoms with van der Waals surface area (Å²) in [4.78, 5) is 26.6. The average Bonchev–Trinajstić information content (AvgIpc) is 2.67. The Morgan fingerprint density at radius 3 is 2.70 bits per heavy atom. The number of fused-ring (bicyclic) bond motifs is 1. The zero-order valence-corrected chi connectivity index (χ0v) is 16.5. The maximum absolute atomic E-state index is 12.4. The van der Waals surface area contributed by atoms with Gasteiger partial charge in [-0.2, -0.15) is 0 Å². The van der Waals surface area contributed by atoms with Gasteiger partial charge in [0.25, 0.3) is 5.91 Å². The fourth-order valence-electron chi connectivity index (χ4n) is 3.54. The van der Waals surface area contributed by atoms with Crippen molar-refractivity contribution in [3.05, 3.63) is 48.0 Å². The predicted molar refractivity (Wildman–Crippen MR) is 111 cm³/mol. The molecule has 3 N–H and O–H groups in total. The third-order valence-electron chi connectivity index (χ3n) is 5.19. The number of hydrogen-bond acceptors (Lipinski definition) is 3. The molecule has 2 unspecified atom stereocenters. The monoisotopic (exact) mass is 389 g/mol. The minimum atomic E-state index is -0.143. The summed E-state index contributed by atoms with van der Waals surface area (Å²) < 4.78 is 0. The SMILES string of the molecule is CC(N)C1CCCN(C(=O)CCNC(=O)c2ccc3ccccc3c2)C1.Cl. The minimum Gasteiger partial charge on any atom is -0.352 e. The van der Waals surface area contributed by atoms with Crippen LogP contribution in [0.5, 0.6) is 0 Å². The fourth-order valence-corrected chi connectivity index (χ4v) is 3.54. The second-order valence-electron chi connectivity index (χ2n) is 7.17. The summed E-state index contributed by atoms with van der Waals surface area (Å²) in [5, 5.41) is 4.99. The second-order valence-corrected chi connectivity index (χ2v) is 7.17. The zero-order chi connectivity index (χ0) is 18.5. The molecular formula is C21H28ClN3O2. The lowest BCUT2D eigenvalue weighted by Gasteiger charge is -2.34. The van der Waals surface area contributed by atoms with Crippen LogP contribution >= 0.6 is 12.4 Å². The van der Waals surface area contributed by atoms with Gasteiger partial charge in [0.1, 0.15) is 0 Å². The van der Waals surface area contributed by atoms with Crippen molar-refractivity contribution in [2.75, 3.05) is 19.6 Å². The van der Waals surface area contributed by atoms with E-state index in [9.17, 15) is 9.59 Å². The first kappa shape index (κ1) is 21.2. The van der Waals surface area contributed by atoms with E-state index in [4.69, 9.17) is 5.73 Å². The quantitative estimate of drug-likeness (QED) is 0.825. The molecule has 27 heavy (non-hydrogen) atoms. The van der Waals surface area contributed by atoms with E-state index in [0.29, 0.717) is 24.4 Å². The number of amides is 2. The Balaban J connectivity index is 0.00000261. The van der Waals surface area contributed by atoms with Crippen LogP contribution in [-0.4, -0.2) is 42.4 Å². The van der Waals surface area contributed by atoms with Crippen LogP contribution in [0.4, 0.5) is 0 Å².